The third-order valence-corrected chi connectivity index (χ3v) is 2.68. The minimum atomic E-state index is -0.556. The van der Waals surface area contributed by atoms with Crippen molar-refractivity contribution in [1.29, 1.82) is 0 Å². The number of hydrazine groups is 1. The van der Waals surface area contributed by atoms with Gasteiger partial charge in [-0.15, -0.1) is 0 Å². The molecule has 0 unspecified atom stereocenters. The summed E-state index contributed by atoms with van der Waals surface area (Å²) in [5.74, 6) is -3.19. The molecular formula is C14H24N2O4. The highest BCUT2D eigenvalue weighted by Gasteiger charge is 2.36. The largest absolute Gasteiger partial charge is 0.273 e. The fourth-order valence-corrected chi connectivity index (χ4v) is 1.45. The molecule has 0 aromatic rings. The Hall–Kier alpha value is -1.72. The molecule has 4 amide bonds. The van der Waals surface area contributed by atoms with E-state index in [1.165, 1.54) is 0 Å². The van der Waals surface area contributed by atoms with Crippen molar-refractivity contribution in [2.45, 2.75) is 54.4 Å². The molecule has 0 rings (SSSR count). The number of hydrogen-bond acceptors (Lipinski definition) is 4. The van der Waals surface area contributed by atoms with Gasteiger partial charge in [-0.1, -0.05) is 41.5 Å². The van der Waals surface area contributed by atoms with Gasteiger partial charge in [0.15, 0.2) is 0 Å². The van der Waals surface area contributed by atoms with E-state index in [9.17, 15) is 19.2 Å². The fourth-order valence-electron chi connectivity index (χ4n) is 1.45. The minimum Gasteiger partial charge on any atom is -0.273 e. The Kier molecular flexibility index (Phi) is 7.10. The summed E-state index contributed by atoms with van der Waals surface area (Å²) >= 11 is 0. The number of imide groups is 2. The molecule has 0 aliphatic carbocycles. The van der Waals surface area contributed by atoms with Crippen molar-refractivity contribution in [2.75, 3.05) is 0 Å². The number of rotatable bonds is 4. The lowest BCUT2D eigenvalue weighted by Gasteiger charge is -2.33. The smallest absolute Gasteiger partial charge is 0.251 e. The molecule has 0 aliphatic rings. The molecular weight excluding hydrogens is 260 g/mol. The first-order valence-electron chi connectivity index (χ1n) is 6.92. The van der Waals surface area contributed by atoms with E-state index in [1.807, 2.05) is 0 Å². The number of hydrogen-bond donors (Lipinski definition) is 0. The second kappa shape index (κ2) is 7.77. The Morgan fingerprint density at radius 3 is 1.10 bits per heavy atom. The summed E-state index contributed by atoms with van der Waals surface area (Å²) in [6.07, 6.45) is 0.0780. The summed E-state index contributed by atoms with van der Waals surface area (Å²) in [5.41, 5.74) is 0. The van der Waals surface area contributed by atoms with Crippen molar-refractivity contribution in [3.8, 4) is 0 Å². The lowest BCUT2D eigenvalue weighted by Crippen LogP contribution is -2.57. The Morgan fingerprint density at radius 2 is 0.950 bits per heavy atom. The highest BCUT2D eigenvalue weighted by Crippen LogP contribution is 2.14. The molecule has 0 aromatic carbocycles. The first kappa shape index (κ1) is 18.3. The molecule has 0 N–H and O–H groups in total. The van der Waals surface area contributed by atoms with Gasteiger partial charge in [-0.25, -0.2) is 0 Å². The molecule has 0 saturated heterocycles. The van der Waals surface area contributed by atoms with Crippen LogP contribution in [0.25, 0.3) is 0 Å². The van der Waals surface area contributed by atoms with E-state index in [0.717, 1.165) is 0 Å². The summed E-state index contributed by atoms with van der Waals surface area (Å²) in [6, 6.07) is 0. The molecule has 0 atom stereocenters. The summed E-state index contributed by atoms with van der Waals surface area (Å²) in [6.45, 7) is 9.63. The summed E-state index contributed by atoms with van der Waals surface area (Å²) in [5, 5.41) is 1.41. The molecule has 0 bridgehead atoms. The highest BCUT2D eigenvalue weighted by molar-refractivity contribution is 6.04. The third-order valence-electron chi connectivity index (χ3n) is 2.68. The van der Waals surface area contributed by atoms with E-state index in [2.05, 4.69) is 0 Å². The normalized spacial score (nSPS) is 10.6. The van der Waals surface area contributed by atoms with Crippen LogP contribution in [0.1, 0.15) is 54.4 Å². The zero-order valence-corrected chi connectivity index (χ0v) is 13.1. The maximum atomic E-state index is 12.2. The number of carbonyl (C=O) groups excluding carboxylic acids is 4. The lowest BCUT2D eigenvalue weighted by molar-refractivity contribution is -0.182. The predicted molar refractivity (Wildman–Crippen MR) is 74.0 cm³/mol. The summed E-state index contributed by atoms with van der Waals surface area (Å²) in [4.78, 5) is 48.4. The predicted octanol–water partition coefficient (Wildman–Crippen LogP) is 1.74. The molecule has 6 nitrogen and oxygen atoms in total. The van der Waals surface area contributed by atoms with Gasteiger partial charge in [0, 0.05) is 24.7 Å². The van der Waals surface area contributed by atoms with Crippen molar-refractivity contribution >= 4 is 23.6 Å². The van der Waals surface area contributed by atoms with Gasteiger partial charge in [0.2, 0.25) is 11.8 Å². The van der Waals surface area contributed by atoms with Crippen LogP contribution in [0.2, 0.25) is 0 Å². The Balaban J connectivity index is 5.75. The van der Waals surface area contributed by atoms with Crippen molar-refractivity contribution in [1.82, 2.24) is 10.0 Å². The standard InChI is InChI=1S/C14H24N2O4/c1-7-11(17)15(13(19)9(3)4)16(12(18)8-2)14(20)10(5)6/h9-10H,7-8H2,1-6H3. The van der Waals surface area contributed by atoms with Gasteiger partial charge in [-0.3, -0.25) is 19.2 Å². The maximum absolute atomic E-state index is 12.2. The van der Waals surface area contributed by atoms with Crippen LogP contribution in [-0.2, 0) is 19.2 Å². The van der Waals surface area contributed by atoms with Crippen molar-refractivity contribution in [3.63, 3.8) is 0 Å². The molecule has 114 valence electrons. The van der Waals surface area contributed by atoms with Crippen LogP contribution in [0, 0.1) is 11.8 Å². The van der Waals surface area contributed by atoms with Gasteiger partial charge in [0.05, 0.1) is 0 Å². The average Bonchev–Trinajstić information content (AvgIpc) is 2.41. The van der Waals surface area contributed by atoms with Crippen LogP contribution in [0.3, 0.4) is 0 Å². The van der Waals surface area contributed by atoms with E-state index < -0.39 is 35.5 Å². The quantitative estimate of drug-likeness (QED) is 0.737. The molecule has 0 fully saturated rings. The van der Waals surface area contributed by atoms with Crippen LogP contribution in [0.5, 0.6) is 0 Å². The van der Waals surface area contributed by atoms with Crippen LogP contribution in [0.15, 0.2) is 0 Å². The van der Waals surface area contributed by atoms with E-state index in [1.54, 1.807) is 41.5 Å². The SMILES string of the molecule is CCC(=O)N(C(=O)C(C)C)N(C(=O)CC)C(=O)C(C)C. The summed E-state index contributed by atoms with van der Waals surface area (Å²) < 4.78 is 0. The van der Waals surface area contributed by atoms with Gasteiger partial charge in [-0.05, 0) is 0 Å². The van der Waals surface area contributed by atoms with Crippen molar-refractivity contribution in [2.24, 2.45) is 11.8 Å². The molecule has 0 aromatic heterocycles. The second-order valence-electron chi connectivity index (χ2n) is 5.10. The molecule has 0 radical (unpaired) electrons. The molecule has 0 aliphatic heterocycles. The topological polar surface area (TPSA) is 74.8 Å². The first-order valence-corrected chi connectivity index (χ1v) is 6.92. The van der Waals surface area contributed by atoms with Crippen molar-refractivity contribution in [3.05, 3.63) is 0 Å². The van der Waals surface area contributed by atoms with Crippen LogP contribution < -0.4 is 0 Å². The summed E-state index contributed by atoms with van der Waals surface area (Å²) in [7, 11) is 0. The van der Waals surface area contributed by atoms with Gasteiger partial charge in [0.25, 0.3) is 11.8 Å². The number of nitrogens with zero attached hydrogens (tertiary/aromatic N) is 2. The highest BCUT2D eigenvalue weighted by atomic mass is 16.2. The average molecular weight is 284 g/mol. The monoisotopic (exact) mass is 284 g/mol. The maximum Gasteiger partial charge on any atom is 0.251 e. The Labute approximate surface area is 120 Å². The van der Waals surface area contributed by atoms with E-state index in [0.29, 0.717) is 10.0 Å². The van der Waals surface area contributed by atoms with Gasteiger partial charge in [-0.2, -0.15) is 10.0 Å². The second-order valence-corrected chi connectivity index (χ2v) is 5.10. The van der Waals surface area contributed by atoms with Crippen LogP contribution >= 0.6 is 0 Å². The van der Waals surface area contributed by atoms with E-state index in [-0.39, 0.29) is 12.8 Å². The molecule has 0 saturated carbocycles. The molecule has 6 heteroatoms. The first-order chi connectivity index (χ1) is 9.18. The van der Waals surface area contributed by atoms with E-state index >= 15 is 0 Å². The Morgan fingerprint density at radius 1 is 0.700 bits per heavy atom. The van der Waals surface area contributed by atoms with Crippen LogP contribution in [0.4, 0.5) is 0 Å². The third kappa shape index (κ3) is 4.15. The molecule has 0 heterocycles. The molecule has 20 heavy (non-hydrogen) atoms. The Bertz CT molecular complexity index is 364. The van der Waals surface area contributed by atoms with E-state index in [4.69, 9.17) is 0 Å². The lowest BCUT2D eigenvalue weighted by atomic mass is 10.1. The minimum absolute atomic E-state index is 0.0390. The van der Waals surface area contributed by atoms with Gasteiger partial charge < -0.3 is 0 Å². The fraction of sp³-hybridized carbons (Fsp3) is 0.714. The van der Waals surface area contributed by atoms with Crippen molar-refractivity contribution < 1.29 is 19.2 Å². The number of carbonyl (C=O) groups is 4. The zero-order chi connectivity index (χ0) is 16.0. The number of amides is 4. The molecule has 0 spiro atoms. The zero-order valence-electron chi connectivity index (χ0n) is 13.1. The van der Waals surface area contributed by atoms with Gasteiger partial charge in [0.1, 0.15) is 0 Å². The van der Waals surface area contributed by atoms with Crippen LogP contribution in [-0.4, -0.2) is 33.6 Å². The van der Waals surface area contributed by atoms with Gasteiger partial charge >= 0.3 is 0 Å².